The zero-order valence-electron chi connectivity index (χ0n) is 12.2. The molecule has 0 aliphatic heterocycles. The lowest BCUT2D eigenvalue weighted by Gasteiger charge is -2.09. The average molecular weight is 349 g/mol. The molecular formula is C16H13ClN2O3S. The number of thiazole rings is 1. The van der Waals surface area contributed by atoms with E-state index in [0.29, 0.717) is 21.7 Å². The number of carbonyl (C=O) groups excluding carboxylic acids is 1. The molecule has 23 heavy (non-hydrogen) atoms. The Morgan fingerprint density at radius 3 is 2.83 bits per heavy atom. The molecule has 0 saturated heterocycles. The summed E-state index contributed by atoms with van der Waals surface area (Å²) in [5.74, 6) is 0.803. The highest BCUT2D eigenvalue weighted by atomic mass is 35.5. The molecule has 1 amide bonds. The maximum atomic E-state index is 12.0. The first-order valence-electron chi connectivity index (χ1n) is 6.77. The number of aromatic nitrogens is 1. The number of ether oxygens (including phenoxy) is 2. The van der Waals surface area contributed by atoms with Crippen molar-refractivity contribution >= 4 is 44.2 Å². The van der Waals surface area contributed by atoms with Crippen LogP contribution in [0.2, 0.25) is 5.02 Å². The van der Waals surface area contributed by atoms with Crippen molar-refractivity contribution in [3.8, 4) is 11.5 Å². The molecule has 1 N–H and O–H groups in total. The molecule has 0 aliphatic rings. The van der Waals surface area contributed by atoms with Crippen LogP contribution in [0, 0.1) is 0 Å². The minimum atomic E-state index is -0.291. The van der Waals surface area contributed by atoms with Crippen molar-refractivity contribution in [1.29, 1.82) is 0 Å². The van der Waals surface area contributed by atoms with Crippen LogP contribution in [0.3, 0.4) is 0 Å². The summed E-state index contributed by atoms with van der Waals surface area (Å²) in [6, 6.07) is 12.5. The van der Waals surface area contributed by atoms with Crippen LogP contribution in [-0.4, -0.2) is 24.6 Å². The normalized spacial score (nSPS) is 10.5. The fourth-order valence-corrected chi connectivity index (χ4v) is 3.15. The van der Waals surface area contributed by atoms with Crippen molar-refractivity contribution in [2.75, 3.05) is 19.0 Å². The van der Waals surface area contributed by atoms with Gasteiger partial charge in [-0.05, 0) is 30.3 Å². The summed E-state index contributed by atoms with van der Waals surface area (Å²) in [4.78, 5) is 16.3. The van der Waals surface area contributed by atoms with E-state index in [2.05, 4.69) is 10.3 Å². The summed E-state index contributed by atoms with van der Waals surface area (Å²) in [5, 5.41) is 3.87. The van der Waals surface area contributed by atoms with Crippen molar-refractivity contribution in [3.05, 3.63) is 47.5 Å². The molecule has 0 fully saturated rings. The van der Waals surface area contributed by atoms with Crippen LogP contribution in [0.25, 0.3) is 10.2 Å². The number of carbonyl (C=O) groups is 1. The number of nitrogens with one attached hydrogen (secondary N) is 1. The molecule has 0 unspecified atom stereocenters. The number of benzene rings is 2. The minimum absolute atomic E-state index is 0.128. The van der Waals surface area contributed by atoms with E-state index < -0.39 is 0 Å². The Labute approximate surface area is 141 Å². The number of rotatable bonds is 5. The second-order valence-electron chi connectivity index (χ2n) is 4.62. The predicted molar refractivity (Wildman–Crippen MR) is 91.7 cm³/mol. The van der Waals surface area contributed by atoms with Crippen LogP contribution in [0.1, 0.15) is 0 Å². The molecule has 0 bridgehead atoms. The van der Waals surface area contributed by atoms with Crippen LogP contribution in [0.15, 0.2) is 42.5 Å². The molecule has 5 nitrogen and oxygen atoms in total. The number of methoxy groups -OCH3 is 1. The van der Waals surface area contributed by atoms with Gasteiger partial charge < -0.3 is 9.47 Å². The van der Waals surface area contributed by atoms with Gasteiger partial charge in [-0.15, -0.1) is 0 Å². The van der Waals surface area contributed by atoms with Gasteiger partial charge in [0.05, 0.1) is 17.3 Å². The first-order chi connectivity index (χ1) is 11.2. The highest BCUT2D eigenvalue weighted by Crippen LogP contribution is 2.28. The van der Waals surface area contributed by atoms with Gasteiger partial charge in [0.2, 0.25) is 0 Å². The summed E-state index contributed by atoms with van der Waals surface area (Å²) in [5.41, 5.74) is 0.792. The summed E-state index contributed by atoms with van der Waals surface area (Å²) >= 11 is 7.30. The lowest BCUT2D eigenvalue weighted by molar-refractivity contribution is -0.118. The van der Waals surface area contributed by atoms with E-state index in [9.17, 15) is 4.79 Å². The molecule has 0 saturated carbocycles. The Balaban J connectivity index is 1.64. The smallest absolute Gasteiger partial charge is 0.264 e. The van der Waals surface area contributed by atoms with Crippen LogP contribution in [-0.2, 0) is 4.79 Å². The van der Waals surface area contributed by atoms with Crippen LogP contribution >= 0.6 is 22.9 Å². The van der Waals surface area contributed by atoms with E-state index in [1.54, 1.807) is 25.3 Å². The van der Waals surface area contributed by atoms with Crippen LogP contribution in [0.4, 0.5) is 5.13 Å². The molecule has 1 aromatic heterocycles. The first-order valence-corrected chi connectivity index (χ1v) is 7.97. The maximum absolute atomic E-state index is 12.0. The Morgan fingerprint density at radius 1 is 1.26 bits per heavy atom. The molecular weight excluding hydrogens is 336 g/mol. The summed E-state index contributed by atoms with van der Waals surface area (Å²) in [7, 11) is 1.55. The van der Waals surface area contributed by atoms with Gasteiger partial charge in [-0.2, -0.15) is 0 Å². The lowest BCUT2D eigenvalue weighted by atomic mass is 10.3. The average Bonchev–Trinajstić information content (AvgIpc) is 2.94. The van der Waals surface area contributed by atoms with Gasteiger partial charge in [0.15, 0.2) is 23.2 Å². The van der Waals surface area contributed by atoms with Crippen molar-refractivity contribution in [3.63, 3.8) is 0 Å². The SMILES string of the molecule is COc1ccccc1OCC(=O)Nc1nc2ccc(Cl)cc2s1. The molecule has 3 rings (SSSR count). The Hall–Kier alpha value is -2.31. The predicted octanol–water partition coefficient (Wildman–Crippen LogP) is 3.98. The largest absolute Gasteiger partial charge is 0.493 e. The van der Waals surface area contributed by atoms with E-state index in [0.717, 1.165) is 10.2 Å². The zero-order valence-corrected chi connectivity index (χ0v) is 13.8. The number of anilines is 1. The third kappa shape index (κ3) is 3.72. The number of nitrogens with zero attached hydrogens (tertiary/aromatic N) is 1. The van der Waals surface area contributed by atoms with E-state index in [1.807, 2.05) is 24.3 Å². The molecule has 0 atom stereocenters. The van der Waals surface area contributed by atoms with Gasteiger partial charge in [0.25, 0.3) is 5.91 Å². The summed E-state index contributed by atoms with van der Waals surface area (Å²) < 4.78 is 11.6. The summed E-state index contributed by atoms with van der Waals surface area (Å²) in [6.45, 7) is -0.128. The molecule has 0 radical (unpaired) electrons. The van der Waals surface area contributed by atoms with Gasteiger partial charge >= 0.3 is 0 Å². The van der Waals surface area contributed by atoms with Crippen molar-refractivity contribution in [2.24, 2.45) is 0 Å². The Kier molecular flexibility index (Phi) is 4.64. The molecule has 0 aliphatic carbocycles. The third-order valence-electron chi connectivity index (χ3n) is 3.02. The number of fused-ring (bicyclic) bond motifs is 1. The van der Waals surface area contributed by atoms with E-state index in [-0.39, 0.29) is 12.5 Å². The molecule has 3 aromatic rings. The number of hydrogen-bond acceptors (Lipinski definition) is 5. The quantitative estimate of drug-likeness (QED) is 0.757. The van der Waals surface area contributed by atoms with Crippen molar-refractivity contribution in [1.82, 2.24) is 4.98 Å². The Bertz CT molecular complexity index is 850. The second-order valence-corrected chi connectivity index (χ2v) is 6.09. The minimum Gasteiger partial charge on any atom is -0.493 e. The number of halogens is 1. The van der Waals surface area contributed by atoms with Crippen molar-refractivity contribution < 1.29 is 14.3 Å². The fourth-order valence-electron chi connectivity index (χ4n) is 1.99. The standard InChI is InChI=1S/C16H13ClN2O3S/c1-21-12-4-2-3-5-13(12)22-9-15(20)19-16-18-11-7-6-10(17)8-14(11)23-16/h2-8H,9H2,1H3,(H,18,19,20). The number of amides is 1. The van der Waals surface area contributed by atoms with E-state index >= 15 is 0 Å². The zero-order chi connectivity index (χ0) is 16.2. The maximum Gasteiger partial charge on any atom is 0.264 e. The van der Waals surface area contributed by atoms with Gasteiger partial charge in [0, 0.05) is 5.02 Å². The lowest BCUT2D eigenvalue weighted by Crippen LogP contribution is -2.20. The number of para-hydroxylation sites is 2. The molecule has 118 valence electrons. The molecule has 1 heterocycles. The second kappa shape index (κ2) is 6.85. The van der Waals surface area contributed by atoms with Crippen molar-refractivity contribution in [2.45, 2.75) is 0 Å². The molecule has 0 spiro atoms. The fraction of sp³-hybridized carbons (Fsp3) is 0.125. The Morgan fingerprint density at radius 2 is 2.04 bits per heavy atom. The first kappa shape index (κ1) is 15.6. The number of hydrogen-bond donors (Lipinski definition) is 1. The highest BCUT2D eigenvalue weighted by molar-refractivity contribution is 7.22. The molecule has 2 aromatic carbocycles. The van der Waals surface area contributed by atoms with E-state index in [4.69, 9.17) is 21.1 Å². The van der Waals surface area contributed by atoms with Gasteiger partial charge in [0.1, 0.15) is 0 Å². The van der Waals surface area contributed by atoms with Gasteiger partial charge in [-0.25, -0.2) is 4.98 Å². The van der Waals surface area contributed by atoms with E-state index in [1.165, 1.54) is 11.3 Å². The van der Waals surface area contributed by atoms with Gasteiger partial charge in [-0.3, -0.25) is 10.1 Å². The third-order valence-corrected chi connectivity index (χ3v) is 4.19. The topological polar surface area (TPSA) is 60.5 Å². The monoisotopic (exact) mass is 348 g/mol. The molecule has 7 heteroatoms. The van der Waals surface area contributed by atoms with Crippen LogP contribution < -0.4 is 14.8 Å². The van der Waals surface area contributed by atoms with Crippen LogP contribution in [0.5, 0.6) is 11.5 Å². The van der Waals surface area contributed by atoms with Gasteiger partial charge in [-0.1, -0.05) is 35.1 Å². The summed E-state index contributed by atoms with van der Waals surface area (Å²) in [6.07, 6.45) is 0. The highest BCUT2D eigenvalue weighted by Gasteiger charge is 2.10.